The van der Waals surface area contributed by atoms with Gasteiger partial charge in [-0.1, -0.05) is 32.9 Å². The van der Waals surface area contributed by atoms with Gasteiger partial charge in [-0.3, -0.25) is 5.32 Å². The maximum absolute atomic E-state index is 12.9. The smallest absolute Gasteiger partial charge is 0.324 e. The molecule has 4 N–H and O–H groups in total. The molecule has 0 saturated heterocycles. The highest BCUT2D eigenvalue weighted by Gasteiger charge is 2.21. The minimum atomic E-state index is -0.386. The van der Waals surface area contributed by atoms with Crippen LogP contribution < -0.4 is 21.1 Å². The summed E-state index contributed by atoms with van der Waals surface area (Å²) >= 11 is 0. The summed E-state index contributed by atoms with van der Waals surface area (Å²) in [5.41, 5.74) is 8.99. The second-order valence-electron chi connectivity index (χ2n) is 9.97. The zero-order valence-electron chi connectivity index (χ0n) is 21.7. The van der Waals surface area contributed by atoms with Crippen LogP contribution in [0.3, 0.4) is 0 Å². The summed E-state index contributed by atoms with van der Waals surface area (Å²) in [4.78, 5) is 22.9. The summed E-state index contributed by atoms with van der Waals surface area (Å²) in [7, 11) is 4.07. The van der Waals surface area contributed by atoms with Crippen molar-refractivity contribution < 1.29 is 9.53 Å². The summed E-state index contributed by atoms with van der Waals surface area (Å²) in [6.45, 7) is 7.10. The van der Waals surface area contributed by atoms with Crippen molar-refractivity contribution in [3.05, 3.63) is 78.2 Å². The van der Waals surface area contributed by atoms with E-state index in [1.54, 1.807) is 28.9 Å². The lowest BCUT2D eigenvalue weighted by atomic mass is 9.92. The second kappa shape index (κ2) is 10.7. The van der Waals surface area contributed by atoms with E-state index in [-0.39, 0.29) is 11.4 Å². The number of nitrogens with two attached hydrogens (primary N) is 1. The van der Waals surface area contributed by atoms with Crippen molar-refractivity contribution >= 4 is 23.4 Å². The molecule has 0 unspecified atom stereocenters. The van der Waals surface area contributed by atoms with Crippen LogP contribution in [-0.4, -0.2) is 44.8 Å². The highest BCUT2D eigenvalue weighted by Crippen LogP contribution is 2.27. The van der Waals surface area contributed by atoms with Crippen molar-refractivity contribution in [1.29, 1.82) is 0 Å². The number of hydrogen-bond donors (Lipinski definition) is 3. The lowest BCUT2D eigenvalue weighted by Gasteiger charge is -2.14. The van der Waals surface area contributed by atoms with Gasteiger partial charge >= 0.3 is 6.03 Å². The zero-order valence-corrected chi connectivity index (χ0v) is 21.7. The van der Waals surface area contributed by atoms with Crippen molar-refractivity contribution in [2.24, 2.45) is 0 Å². The first-order valence-corrected chi connectivity index (χ1v) is 11.8. The molecular formula is C27H32N8O2. The van der Waals surface area contributed by atoms with Gasteiger partial charge in [0.05, 0.1) is 11.4 Å². The Kier molecular flexibility index (Phi) is 7.40. The fourth-order valence-electron chi connectivity index (χ4n) is 3.56. The number of nitrogens with one attached hydrogen (secondary N) is 2. The fourth-order valence-corrected chi connectivity index (χ4v) is 3.56. The van der Waals surface area contributed by atoms with Gasteiger partial charge in [-0.2, -0.15) is 5.10 Å². The minimum absolute atomic E-state index is 0.187. The number of rotatable bonds is 7. The summed E-state index contributed by atoms with van der Waals surface area (Å²) in [6, 6.07) is 18.1. The minimum Gasteiger partial charge on any atom is -0.439 e. The molecule has 2 heterocycles. The number of aromatic nitrogens is 4. The van der Waals surface area contributed by atoms with Crippen molar-refractivity contribution in [3.8, 4) is 17.3 Å². The molecule has 10 nitrogen and oxygen atoms in total. The van der Waals surface area contributed by atoms with Gasteiger partial charge < -0.3 is 20.7 Å². The quantitative estimate of drug-likeness (QED) is 0.325. The van der Waals surface area contributed by atoms with E-state index in [2.05, 4.69) is 58.4 Å². The second-order valence-corrected chi connectivity index (χ2v) is 9.97. The third-order valence-electron chi connectivity index (χ3n) is 5.40. The molecule has 192 valence electrons. The molecule has 2 aromatic carbocycles. The zero-order chi connectivity index (χ0) is 26.6. The van der Waals surface area contributed by atoms with E-state index < -0.39 is 0 Å². The third kappa shape index (κ3) is 6.83. The normalized spacial score (nSPS) is 11.4. The molecule has 0 bridgehead atoms. The molecule has 0 aliphatic heterocycles. The molecule has 2 aromatic heterocycles. The van der Waals surface area contributed by atoms with Gasteiger partial charge in [0.15, 0.2) is 0 Å². The van der Waals surface area contributed by atoms with Gasteiger partial charge in [0.1, 0.15) is 23.7 Å². The van der Waals surface area contributed by atoms with Crippen LogP contribution in [0, 0.1) is 0 Å². The van der Waals surface area contributed by atoms with Crippen LogP contribution in [0.4, 0.5) is 22.1 Å². The van der Waals surface area contributed by atoms with Crippen LogP contribution >= 0.6 is 0 Å². The molecule has 0 radical (unpaired) electrons. The van der Waals surface area contributed by atoms with Gasteiger partial charge in [-0.25, -0.2) is 19.4 Å². The van der Waals surface area contributed by atoms with Gasteiger partial charge in [0.25, 0.3) is 0 Å². The number of carbonyl (C=O) groups is 1. The number of anilines is 3. The average molecular weight is 501 g/mol. The van der Waals surface area contributed by atoms with E-state index in [1.807, 2.05) is 32.3 Å². The predicted molar refractivity (Wildman–Crippen MR) is 145 cm³/mol. The molecule has 0 fully saturated rings. The van der Waals surface area contributed by atoms with E-state index >= 15 is 0 Å². The lowest BCUT2D eigenvalue weighted by molar-refractivity contribution is 0.262. The largest absolute Gasteiger partial charge is 0.439 e. The SMILES string of the molecule is CN(C)Cc1ccc(-n2nc(C(C)(C)C)cc2NC(=O)Nc2ccc(Oc3cc(N)ncn3)cc2)cc1. The predicted octanol–water partition coefficient (Wildman–Crippen LogP) is 5.04. The number of carbonyl (C=O) groups excluding carboxylic acids is 1. The Hall–Kier alpha value is -4.44. The number of ether oxygens (including phenoxy) is 1. The Balaban J connectivity index is 1.48. The standard InChI is InChI=1S/C27H32N8O2/c1-27(2,3)22-14-24(35(33-22)20-10-6-18(7-11-20)16-34(4)5)32-26(36)31-19-8-12-21(13-9-19)37-25-15-23(28)29-17-30-25/h6-15,17H,16H2,1-5H3,(H2,28,29,30)(H2,31,32,36). The molecule has 0 spiro atoms. The highest BCUT2D eigenvalue weighted by molar-refractivity contribution is 5.99. The van der Waals surface area contributed by atoms with E-state index in [0.29, 0.717) is 29.0 Å². The van der Waals surface area contributed by atoms with Gasteiger partial charge in [0.2, 0.25) is 5.88 Å². The Morgan fingerprint density at radius 2 is 1.70 bits per heavy atom. The first-order chi connectivity index (χ1) is 17.6. The number of urea groups is 1. The molecule has 0 aliphatic rings. The molecule has 0 saturated carbocycles. The molecule has 4 aromatic rings. The summed E-state index contributed by atoms with van der Waals surface area (Å²) in [5.74, 6) is 1.78. The van der Waals surface area contributed by atoms with Crippen molar-refractivity contribution in [2.75, 3.05) is 30.5 Å². The molecule has 10 heteroatoms. The Labute approximate surface area is 216 Å². The van der Waals surface area contributed by atoms with Crippen molar-refractivity contribution in [2.45, 2.75) is 32.7 Å². The Morgan fingerprint density at radius 1 is 1.00 bits per heavy atom. The molecule has 4 rings (SSSR count). The molecular weight excluding hydrogens is 468 g/mol. The first-order valence-electron chi connectivity index (χ1n) is 11.8. The number of hydrogen-bond acceptors (Lipinski definition) is 7. The van der Waals surface area contributed by atoms with Crippen LogP contribution in [0.15, 0.2) is 67.0 Å². The third-order valence-corrected chi connectivity index (χ3v) is 5.40. The number of benzene rings is 2. The van der Waals surface area contributed by atoms with Crippen LogP contribution in [0.25, 0.3) is 5.69 Å². The molecule has 0 atom stereocenters. The number of nitrogen functional groups attached to an aromatic ring is 1. The van der Waals surface area contributed by atoms with Crippen LogP contribution in [-0.2, 0) is 12.0 Å². The maximum Gasteiger partial charge on any atom is 0.324 e. The summed E-state index contributed by atoms with van der Waals surface area (Å²) in [6.07, 6.45) is 1.33. The van der Waals surface area contributed by atoms with Crippen molar-refractivity contribution in [1.82, 2.24) is 24.6 Å². The summed E-state index contributed by atoms with van der Waals surface area (Å²) in [5, 5.41) is 10.6. The highest BCUT2D eigenvalue weighted by atomic mass is 16.5. The van der Waals surface area contributed by atoms with E-state index in [1.165, 1.54) is 18.0 Å². The van der Waals surface area contributed by atoms with E-state index in [0.717, 1.165) is 17.9 Å². The lowest BCUT2D eigenvalue weighted by Crippen LogP contribution is -2.21. The topological polar surface area (TPSA) is 123 Å². The molecule has 0 aliphatic carbocycles. The van der Waals surface area contributed by atoms with Crippen LogP contribution in [0.1, 0.15) is 32.0 Å². The van der Waals surface area contributed by atoms with E-state index in [4.69, 9.17) is 15.6 Å². The Morgan fingerprint density at radius 3 is 2.32 bits per heavy atom. The van der Waals surface area contributed by atoms with Gasteiger partial charge in [-0.15, -0.1) is 0 Å². The van der Waals surface area contributed by atoms with Crippen molar-refractivity contribution in [3.63, 3.8) is 0 Å². The monoisotopic (exact) mass is 500 g/mol. The molecule has 2 amide bonds. The molecule has 37 heavy (non-hydrogen) atoms. The van der Waals surface area contributed by atoms with E-state index in [9.17, 15) is 4.79 Å². The van der Waals surface area contributed by atoms with Crippen LogP contribution in [0.2, 0.25) is 0 Å². The van der Waals surface area contributed by atoms with Gasteiger partial charge in [-0.05, 0) is 56.1 Å². The fraction of sp³-hybridized carbons (Fsp3) is 0.259. The summed E-state index contributed by atoms with van der Waals surface area (Å²) < 4.78 is 7.42. The number of nitrogens with zero attached hydrogens (tertiary/aromatic N) is 5. The first kappa shape index (κ1) is 25.6. The number of amides is 2. The average Bonchev–Trinajstić information content (AvgIpc) is 3.25. The Bertz CT molecular complexity index is 1360. The maximum atomic E-state index is 12.9. The van der Waals surface area contributed by atoms with Gasteiger partial charge in [0, 0.05) is 29.8 Å². The van der Waals surface area contributed by atoms with Crippen LogP contribution in [0.5, 0.6) is 11.6 Å².